The van der Waals surface area contributed by atoms with Crippen LogP contribution in [0.25, 0.3) is 0 Å². The summed E-state index contributed by atoms with van der Waals surface area (Å²) >= 11 is 0. The van der Waals surface area contributed by atoms with Crippen LogP contribution in [0, 0.1) is 6.92 Å². The van der Waals surface area contributed by atoms with Crippen molar-refractivity contribution in [2.24, 2.45) is 0 Å². The molecule has 14 heavy (non-hydrogen) atoms. The number of nitrogens with zero attached hydrogens (tertiary/aromatic N) is 1. The Labute approximate surface area is 84.9 Å². The zero-order valence-electron chi connectivity index (χ0n) is 8.66. The molecule has 74 valence electrons. The van der Waals surface area contributed by atoms with E-state index in [-0.39, 0.29) is 5.91 Å². The summed E-state index contributed by atoms with van der Waals surface area (Å²) in [7, 11) is 1.77. The number of carbonyl (C=O) groups excluding carboxylic acids is 1. The second-order valence-electron chi connectivity index (χ2n) is 3.29. The van der Waals surface area contributed by atoms with E-state index in [0.717, 1.165) is 11.1 Å². The number of aryl methyl sites for hydroxylation is 1. The lowest BCUT2D eigenvalue weighted by Crippen LogP contribution is -2.27. The van der Waals surface area contributed by atoms with Crippen LogP contribution in [0.1, 0.15) is 15.9 Å². The van der Waals surface area contributed by atoms with E-state index in [2.05, 4.69) is 6.58 Å². The van der Waals surface area contributed by atoms with Gasteiger partial charge in [0, 0.05) is 19.2 Å². The van der Waals surface area contributed by atoms with Crippen LogP contribution in [0.4, 0.5) is 0 Å². The van der Waals surface area contributed by atoms with Gasteiger partial charge in [0.1, 0.15) is 0 Å². The standard InChI is InChI=1S/C12H15NO/c1-4-9-13(3)12(14)11-8-6-5-7-10(11)2/h4-8H,1,9H2,2-3H3. The molecule has 0 aliphatic heterocycles. The van der Waals surface area contributed by atoms with Gasteiger partial charge in [-0.15, -0.1) is 6.58 Å². The minimum absolute atomic E-state index is 0.0444. The van der Waals surface area contributed by atoms with E-state index in [1.165, 1.54) is 0 Å². The third-order valence-corrected chi connectivity index (χ3v) is 2.13. The fourth-order valence-electron chi connectivity index (χ4n) is 1.30. The minimum atomic E-state index is 0.0444. The van der Waals surface area contributed by atoms with E-state index in [1.54, 1.807) is 18.0 Å². The van der Waals surface area contributed by atoms with Crippen molar-refractivity contribution >= 4 is 5.91 Å². The molecule has 1 amide bonds. The number of rotatable bonds is 3. The molecule has 0 saturated carbocycles. The van der Waals surface area contributed by atoms with Crippen LogP contribution in [0.15, 0.2) is 36.9 Å². The molecule has 0 aliphatic carbocycles. The fraction of sp³-hybridized carbons (Fsp3) is 0.250. The molecule has 0 radical (unpaired) electrons. The Morgan fingerprint density at radius 1 is 1.50 bits per heavy atom. The van der Waals surface area contributed by atoms with Crippen molar-refractivity contribution in [1.82, 2.24) is 4.90 Å². The van der Waals surface area contributed by atoms with Crippen molar-refractivity contribution in [3.63, 3.8) is 0 Å². The molecular formula is C12H15NO. The third-order valence-electron chi connectivity index (χ3n) is 2.13. The molecule has 0 heterocycles. The molecule has 0 spiro atoms. The normalized spacial score (nSPS) is 9.57. The number of hydrogen-bond acceptors (Lipinski definition) is 1. The average molecular weight is 189 g/mol. The van der Waals surface area contributed by atoms with Gasteiger partial charge in [0.05, 0.1) is 0 Å². The highest BCUT2D eigenvalue weighted by atomic mass is 16.2. The number of likely N-dealkylation sites (N-methyl/N-ethyl adjacent to an activating group) is 1. The first-order chi connectivity index (χ1) is 6.66. The van der Waals surface area contributed by atoms with Crippen LogP contribution in [0.5, 0.6) is 0 Å². The molecule has 2 nitrogen and oxygen atoms in total. The third kappa shape index (κ3) is 2.22. The van der Waals surface area contributed by atoms with Crippen molar-refractivity contribution in [2.75, 3.05) is 13.6 Å². The topological polar surface area (TPSA) is 20.3 Å². The summed E-state index contributed by atoms with van der Waals surface area (Å²) in [6.45, 7) is 6.12. The van der Waals surface area contributed by atoms with Crippen molar-refractivity contribution in [1.29, 1.82) is 0 Å². The lowest BCUT2D eigenvalue weighted by molar-refractivity contribution is 0.0809. The molecule has 1 aromatic rings. The maximum Gasteiger partial charge on any atom is 0.254 e. The van der Waals surface area contributed by atoms with Gasteiger partial charge in [0.15, 0.2) is 0 Å². The van der Waals surface area contributed by atoms with Gasteiger partial charge in [-0.05, 0) is 18.6 Å². The molecule has 0 aliphatic rings. The summed E-state index contributed by atoms with van der Waals surface area (Å²) in [4.78, 5) is 13.5. The Hall–Kier alpha value is -1.57. The van der Waals surface area contributed by atoms with Gasteiger partial charge in [0.2, 0.25) is 0 Å². The first kappa shape index (κ1) is 10.5. The second-order valence-corrected chi connectivity index (χ2v) is 3.29. The molecule has 0 unspecified atom stereocenters. The summed E-state index contributed by atoms with van der Waals surface area (Å²) in [6.07, 6.45) is 1.72. The smallest absolute Gasteiger partial charge is 0.254 e. The zero-order chi connectivity index (χ0) is 10.6. The van der Waals surface area contributed by atoms with Gasteiger partial charge in [-0.3, -0.25) is 4.79 Å². The first-order valence-corrected chi connectivity index (χ1v) is 4.59. The van der Waals surface area contributed by atoms with Crippen LogP contribution in [0.3, 0.4) is 0 Å². The fourth-order valence-corrected chi connectivity index (χ4v) is 1.30. The zero-order valence-corrected chi connectivity index (χ0v) is 8.66. The summed E-state index contributed by atoms with van der Waals surface area (Å²) in [5.41, 5.74) is 1.77. The van der Waals surface area contributed by atoms with E-state index in [9.17, 15) is 4.79 Å². The van der Waals surface area contributed by atoms with Crippen LogP contribution in [-0.2, 0) is 0 Å². The van der Waals surface area contributed by atoms with Crippen molar-refractivity contribution in [2.45, 2.75) is 6.92 Å². The van der Waals surface area contributed by atoms with Gasteiger partial charge in [0.25, 0.3) is 5.91 Å². The average Bonchev–Trinajstić information content (AvgIpc) is 2.18. The number of hydrogen-bond donors (Lipinski definition) is 0. The molecule has 0 aromatic heterocycles. The van der Waals surface area contributed by atoms with Gasteiger partial charge in [-0.25, -0.2) is 0 Å². The van der Waals surface area contributed by atoms with Crippen LogP contribution in [0.2, 0.25) is 0 Å². The molecule has 2 heteroatoms. The lowest BCUT2D eigenvalue weighted by Gasteiger charge is -2.15. The SMILES string of the molecule is C=CCN(C)C(=O)c1ccccc1C. The molecule has 0 bridgehead atoms. The highest BCUT2D eigenvalue weighted by Gasteiger charge is 2.11. The Kier molecular flexibility index (Phi) is 3.46. The quantitative estimate of drug-likeness (QED) is 0.668. The molecule has 1 rings (SSSR count). The molecule has 0 atom stereocenters. The van der Waals surface area contributed by atoms with E-state index in [0.29, 0.717) is 6.54 Å². The highest BCUT2D eigenvalue weighted by Crippen LogP contribution is 2.09. The predicted octanol–water partition coefficient (Wildman–Crippen LogP) is 2.25. The number of carbonyl (C=O) groups is 1. The number of benzene rings is 1. The van der Waals surface area contributed by atoms with Gasteiger partial charge >= 0.3 is 0 Å². The Morgan fingerprint density at radius 3 is 2.71 bits per heavy atom. The predicted molar refractivity (Wildman–Crippen MR) is 58.3 cm³/mol. The van der Waals surface area contributed by atoms with E-state index in [4.69, 9.17) is 0 Å². The Morgan fingerprint density at radius 2 is 2.14 bits per heavy atom. The second kappa shape index (κ2) is 4.61. The summed E-state index contributed by atoms with van der Waals surface area (Å²) < 4.78 is 0. The molecule has 0 N–H and O–H groups in total. The van der Waals surface area contributed by atoms with Crippen molar-refractivity contribution in [3.05, 3.63) is 48.0 Å². The molecule has 1 aromatic carbocycles. The van der Waals surface area contributed by atoms with Gasteiger partial charge in [-0.2, -0.15) is 0 Å². The molecular weight excluding hydrogens is 174 g/mol. The van der Waals surface area contributed by atoms with Crippen molar-refractivity contribution < 1.29 is 4.79 Å². The highest BCUT2D eigenvalue weighted by molar-refractivity contribution is 5.95. The largest absolute Gasteiger partial charge is 0.338 e. The summed E-state index contributed by atoms with van der Waals surface area (Å²) in [5, 5.41) is 0. The van der Waals surface area contributed by atoms with E-state index >= 15 is 0 Å². The van der Waals surface area contributed by atoms with Crippen LogP contribution >= 0.6 is 0 Å². The van der Waals surface area contributed by atoms with E-state index in [1.807, 2.05) is 31.2 Å². The van der Waals surface area contributed by atoms with Crippen LogP contribution < -0.4 is 0 Å². The summed E-state index contributed by atoms with van der Waals surface area (Å²) in [6, 6.07) is 7.59. The van der Waals surface area contributed by atoms with Crippen LogP contribution in [-0.4, -0.2) is 24.4 Å². The minimum Gasteiger partial charge on any atom is -0.338 e. The first-order valence-electron chi connectivity index (χ1n) is 4.59. The Bertz CT molecular complexity index is 344. The maximum absolute atomic E-state index is 11.8. The monoisotopic (exact) mass is 189 g/mol. The summed E-state index contributed by atoms with van der Waals surface area (Å²) in [5.74, 6) is 0.0444. The lowest BCUT2D eigenvalue weighted by atomic mass is 10.1. The molecule has 0 saturated heterocycles. The van der Waals surface area contributed by atoms with Crippen molar-refractivity contribution in [3.8, 4) is 0 Å². The van der Waals surface area contributed by atoms with Gasteiger partial charge < -0.3 is 4.90 Å². The van der Waals surface area contributed by atoms with Gasteiger partial charge in [-0.1, -0.05) is 24.3 Å². The Balaban J connectivity index is 2.89. The number of amides is 1. The maximum atomic E-state index is 11.8. The molecule has 0 fully saturated rings. The van der Waals surface area contributed by atoms with E-state index < -0.39 is 0 Å².